The highest BCUT2D eigenvalue weighted by molar-refractivity contribution is 4.89. The quantitative estimate of drug-likeness (QED) is 0.841. The minimum absolute atomic E-state index is 0.731. The van der Waals surface area contributed by atoms with Crippen molar-refractivity contribution < 1.29 is 0 Å². The lowest BCUT2D eigenvalue weighted by Gasteiger charge is -2.43. The highest BCUT2D eigenvalue weighted by Crippen LogP contribution is 2.35. The highest BCUT2D eigenvalue weighted by Gasteiger charge is 2.34. The van der Waals surface area contributed by atoms with Gasteiger partial charge in [-0.1, -0.05) is 26.7 Å². The fourth-order valence-electron chi connectivity index (χ4n) is 4.43. The van der Waals surface area contributed by atoms with Crippen LogP contribution in [-0.4, -0.2) is 37.1 Å². The molecule has 0 spiro atoms. The van der Waals surface area contributed by atoms with Gasteiger partial charge in [-0.25, -0.2) is 0 Å². The van der Waals surface area contributed by atoms with Crippen LogP contribution in [0.4, 0.5) is 0 Å². The van der Waals surface area contributed by atoms with Gasteiger partial charge in [-0.15, -0.1) is 0 Å². The van der Waals surface area contributed by atoms with Crippen molar-refractivity contribution in [2.75, 3.05) is 20.1 Å². The van der Waals surface area contributed by atoms with Crippen molar-refractivity contribution in [2.24, 2.45) is 17.8 Å². The Kier molecular flexibility index (Phi) is 5.70. The van der Waals surface area contributed by atoms with Crippen LogP contribution >= 0.6 is 0 Å². The van der Waals surface area contributed by atoms with Crippen LogP contribution in [0.5, 0.6) is 0 Å². The van der Waals surface area contributed by atoms with Gasteiger partial charge in [0.25, 0.3) is 0 Å². The minimum atomic E-state index is 0.731. The van der Waals surface area contributed by atoms with Gasteiger partial charge in [0.2, 0.25) is 0 Å². The molecule has 2 nitrogen and oxygen atoms in total. The first kappa shape index (κ1) is 15.3. The number of likely N-dealkylation sites (tertiary alicyclic amines) is 1. The fourth-order valence-corrected chi connectivity index (χ4v) is 4.43. The molecule has 1 saturated heterocycles. The largest absolute Gasteiger partial charge is 0.317 e. The average molecular weight is 266 g/mol. The molecule has 1 aliphatic heterocycles. The molecule has 5 unspecified atom stereocenters. The maximum Gasteiger partial charge on any atom is 0.0110 e. The molecule has 19 heavy (non-hydrogen) atoms. The smallest absolute Gasteiger partial charge is 0.0110 e. The molecule has 2 fully saturated rings. The Morgan fingerprint density at radius 1 is 1.05 bits per heavy atom. The van der Waals surface area contributed by atoms with Gasteiger partial charge in [0, 0.05) is 18.6 Å². The summed E-state index contributed by atoms with van der Waals surface area (Å²) in [5.74, 6) is 2.61. The highest BCUT2D eigenvalue weighted by atomic mass is 15.2. The summed E-state index contributed by atoms with van der Waals surface area (Å²) in [7, 11) is 2.16. The molecule has 1 N–H and O–H groups in total. The summed E-state index contributed by atoms with van der Waals surface area (Å²) in [4.78, 5) is 2.79. The third-order valence-electron chi connectivity index (χ3n) is 5.68. The molecule has 2 heteroatoms. The molecule has 1 saturated carbocycles. The topological polar surface area (TPSA) is 15.3 Å². The Labute approximate surface area is 120 Å². The van der Waals surface area contributed by atoms with Gasteiger partial charge < -0.3 is 10.2 Å². The van der Waals surface area contributed by atoms with Crippen LogP contribution in [0.2, 0.25) is 0 Å². The third kappa shape index (κ3) is 3.95. The summed E-state index contributed by atoms with van der Waals surface area (Å²) in [6.07, 6.45) is 8.48. The molecule has 0 aromatic rings. The van der Waals surface area contributed by atoms with Crippen LogP contribution in [0.3, 0.4) is 0 Å². The second-order valence-corrected chi connectivity index (χ2v) is 7.31. The number of hydrogen-bond acceptors (Lipinski definition) is 2. The number of hydrogen-bond donors (Lipinski definition) is 1. The Morgan fingerprint density at radius 3 is 2.58 bits per heavy atom. The number of nitrogens with zero attached hydrogens (tertiary/aromatic N) is 1. The first-order valence-electron chi connectivity index (χ1n) is 8.53. The van der Waals surface area contributed by atoms with E-state index in [1.807, 2.05) is 0 Å². The first-order valence-corrected chi connectivity index (χ1v) is 8.53. The second-order valence-electron chi connectivity index (χ2n) is 7.31. The predicted molar refractivity (Wildman–Crippen MR) is 83.4 cm³/mol. The van der Waals surface area contributed by atoms with Crippen LogP contribution in [0, 0.1) is 17.8 Å². The van der Waals surface area contributed by atoms with Crippen molar-refractivity contribution in [3.8, 4) is 0 Å². The van der Waals surface area contributed by atoms with E-state index in [-0.39, 0.29) is 0 Å². The molecule has 0 bridgehead atoms. The maximum atomic E-state index is 3.61. The monoisotopic (exact) mass is 266 g/mol. The standard InChI is InChI=1S/C17H34N2/c1-13-10-14(2)16(17(11-13)18-4)12-19-9-7-5-6-8-15(19)3/h13-18H,5-12H2,1-4H3. The maximum absolute atomic E-state index is 3.61. The molecular formula is C17H34N2. The molecule has 0 aromatic carbocycles. The van der Waals surface area contributed by atoms with Crippen LogP contribution in [0.15, 0.2) is 0 Å². The Morgan fingerprint density at radius 2 is 1.84 bits per heavy atom. The van der Waals surface area contributed by atoms with Gasteiger partial charge in [-0.2, -0.15) is 0 Å². The van der Waals surface area contributed by atoms with Gasteiger partial charge in [-0.3, -0.25) is 0 Å². The zero-order chi connectivity index (χ0) is 13.8. The van der Waals surface area contributed by atoms with E-state index < -0.39 is 0 Å². The molecule has 0 aromatic heterocycles. The summed E-state index contributed by atoms with van der Waals surface area (Å²) in [5, 5.41) is 3.61. The Bertz CT molecular complexity index is 266. The van der Waals surface area contributed by atoms with Gasteiger partial charge in [-0.05, 0) is 64.0 Å². The summed E-state index contributed by atoms with van der Waals surface area (Å²) in [5.41, 5.74) is 0. The molecule has 1 heterocycles. The van der Waals surface area contributed by atoms with Crippen molar-refractivity contribution >= 4 is 0 Å². The van der Waals surface area contributed by atoms with Crippen molar-refractivity contribution in [3.63, 3.8) is 0 Å². The number of nitrogens with one attached hydrogen (secondary N) is 1. The van der Waals surface area contributed by atoms with E-state index in [1.54, 1.807) is 0 Å². The van der Waals surface area contributed by atoms with E-state index in [1.165, 1.54) is 51.6 Å². The van der Waals surface area contributed by atoms with Gasteiger partial charge >= 0.3 is 0 Å². The molecule has 5 atom stereocenters. The minimum Gasteiger partial charge on any atom is -0.317 e. The average Bonchev–Trinajstić information content (AvgIpc) is 2.57. The molecular weight excluding hydrogens is 232 g/mol. The van der Waals surface area contributed by atoms with Crippen LogP contribution in [0.1, 0.15) is 59.3 Å². The molecule has 0 radical (unpaired) electrons. The van der Waals surface area contributed by atoms with Gasteiger partial charge in [0.05, 0.1) is 0 Å². The normalized spacial score (nSPS) is 42.0. The van der Waals surface area contributed by atoms with Crippen molar-refractivity contribution in [2.45, 2.75) is 71.4 Å². The molecule has 2 aliphatic rings. The van der Waals surface area contributed by atoms with Gasteiger partial charge in [0.15, 0.2) is 0 Å². The van der Waals surface area contributed by atoms with Crippen molar-refractivity contribution in [1.29, 1.82) is 0 Å². The number of rotatable bonds is 3. The summed E-state index contributed by atoms with van der Waals surface area (Å²) >= 11 is 0. The van der Waals surface area contributed by atoms with E-state index in [2.05, 4.69) is 38.0 Å². The van der Waals surface area contributed by atoms with E-state index in [0.717, 1.165) is 29.8 Å². The van der Waals surface area contributed by atoms with E-state index in [0.29, 0.717) is 0 Å². The lowest BCUT2D eigenvalue weighted by Crippen LogP contribution is -2.49. The zero-order valence-electron chi connectivity index (χ0n) is 13.5. The lowest BCUT2D eigenvalue weighted by atomic mass is 9.72. The van der Waals surface area contributed by atoms with E-state index in [4.69, 9.17) is 0 Å². The summed E-state index contributed by atoms with van der Waals surface area (Å²) in [6, 6.07) is 1.53. The summed E-state index contributed by atoms with van der Waals surface area (Å²) in [6.45, 7) is 9.99. The van der Waals surface area contributed by atoms with Gasteiger partial charge in [0.1, 0.15) is 0 Å². The third-order valence-corrected chi connectivity index (χ3v) is 5.68. The van der Waals surface area contributed by atoms with E-state index in [9.17, 15) is 0 Å². The molecule has 1 aliphatic carbocycles. The summed E-state index contributed by atoms with van der Waals surface area (Å²) < 4.78 is 0. The molecule has 112 valence electrons. The molecule has 0 amide bonds. The lowest BCUT2D eigenvalue weighted by molar-refractivity contribution is 0.0876. The second kappa shape index (κ2) is 7.08. The van der Waals surface area contributed by atoms with Crippen LogP contribution in [0.25, 0.3) is 0 Å². The SMILES string of the molecule is CNC1CC(C)CC(C)C1CN1CCCCCC1C. The van der Waals surface area contributed by atoms with Crippen LogP contribution < -0.4 is 5.32 Å². The van der Waals surface area contributed by atoms with Crippen molar-refractivity contribution in [3.05, 3.63) is 0 Å². The molecule has 2 rings (SSSR count). The van der Waals surface area contributed by atoms with E-state index >= 15 is 0 Å². The first-order chi connectivity index (χ1) is 9.11. The van der Waals surface area contributed by atoms with Crippen LogP contribution in [-0.2, 0) is 0 Å². The Balaban J connectivity index is 1.98. The fraction of sp³-hybridized carbons (Fsp3) is 1.00. The van der Waals surface area contributed by atoms with Crippen molar-refractivity contribution in [1.82, 2.24) is 10.2 Å². The Hall–Kier alpha value is -0.0800. The predicted octanol–water partition coefficient (Wildman–Crippen LogP) is 3.52. The zero-order valence-corrected chi connectivity index (χ0v) is 13.5.